The summed E-state index contributed by atoms with van der Waals surface area (Å²) in [6.45, 7) is 5.55. The Morgan fingerprint density at radius 1 is 1.28 bits per heavy atom. The highest BCUT2D eigenvalue weighted by atomic mass is 16.5. The molecular weight excluding hydrogens is 224 g/mol. The van der Waals surface area contributed by atoms with Crippen LogP contribution in [0.2, 0.25) is 0 Å². The molecule has 1 aromatic carbocycles. The number of hydrogen-bond acceptors (Lipinski definition) is 2. The van der Waals surface area contributed by atoms with Crippen molar-refractivity contribution in [2.75, 3.05) is 6.61 Å². The maximum atomic E-state index is 6.37. The van der Waals surface area contributed by atoms with Crippen LogP contribution in [-0.2, 0) is 4.74 Å². The molecule has 1 saturated carbocycles. The van der Waals surface area contributed by atoms with Crippen molar-refractivity contribution in [3.8, 4) is 5.75 Å². The van der Waals surface area contributed by atoms with Gasteiger partial charge in [-0.1, -0.05) is 25.1 Å². The minimum Gasteiger partial charge on any atom is -0.487 e. The van der Waals surface area contributed by atoms with E-state index in [1.165, 1.54) is 12.0 Å². The van der Waals surface area contributed by atoms with Gasteiger partial charge in [0, 0.05) is 11.5 Å². The molecule has 18 heavy (non-hydrogen) atoms. The van der Waals surface area contributed by atoms with Gasteiger partial charge in [-0.2, -0.15) is 0 Å². The third-order valence-electron chi connectivity index (χ3n) is 5.30. The van der Waals surface area contributed by atoms with Crippen LogP contribution in [-0.4, -0.2) is 12.2 Å². The van der Waals surface area contributed by atoms with Gasteiger partial charge < -0.3 is 9.47 Å². The molecule has 2 heteroatoms. The van der Waals surface area contributed by atoms with Gasteiger partial charge in [0.2, 0.25) is 0 Å². The van der Waals surface area contributed by atoms with Crippen LogP contribution >= 0.6 is 0 Å². The predicted molar refractivity (Wildman–Crippen MR) is 69.5 cm³/mol. The second kappa shape index (κ2) is 3.51. The van der Waals surface area contributed by atoms with Crippen LogP contribution < -0.4 is 4.74 Å². The van der Waals surface area contributed by atoms with Crippen LogP contribution in [0.15, 0.2) is 24.3 Å². The second-order valence-corrected chi connectivity index (χ2v) is 6.49. The van der Waals surface area contributed by atoms with E-state index in [1.54, 1.807) is 0 Å². The van der Waals surface area contributed by atoms with E-state index in [2.05, 4.69) is 38.1 Å². The Bertz CT molecular complexity index is 484. The van der Waals surface area contributed by atoms with Gasteiger partial charge in [0.05, 0.1) is 12.7 Å². The lowest BCUT2D eigenvalue weighted by molar-refractivity contribution is -0.184. The Morgan fingerprint density at radius 3 is 3.00 bits per heavy atom. The number of fused-ring (bicyclic) bond motifs is 3. The molecule has 2 fully saturated rings. The molecule has 0 spiro atoms. The molecule has 5 atom stereocenters. The summed E-state index contributed by atoms with van der Waals surface area (Å²) < 4.78 is 12.6. The summed E-state index contributed by atoms with van der Waals surface area (Å²) in [6, 6.07) is 8.40. The predicted octanol–water partition coefficient (Wildman–Crippen LogP) is 3.57. The lowest BCUT2D eigenvalue weighted by Gasteiger charge is -2.55. The molecule has 2 bridgehead atoms. The van der Waals surface area contributed by atoms with Crippen molar-refractivity contribution >= 4 is 0 Å². The normalized spacial score (nSPS) is 45.0. The van der Waals surface area contributed by atoms with E-state index < -0.39 is 0 Å². The van der Waals surface area contributed by atoms with Gasteiger partial charge >= 0.3 is 0 Å². The molecule has 1 saturated heterocycles. The Balaban J connectivity index is 1.83. The van der Waals surface area contributed by atoms with Crippen LogP contribution in [0.3, 0.4) is 0 Å². The Morgan fingerprint density at radius 2 is 2.11 bits per heavy atom. The quantitative estimate of drug-likeness (QED) is 0.694. The van der Waals surface area contributed by atoms with E-state index in [-0.39, 0.29) is 11.7 Å². The molecule has 0 unspecified atom stereocenters. The highest BCUT2D eigenvalue weighted by molar-refractivity contribution is 5.39. The van der Waals surface area contributed by atoms with Crippen LogP contribution in [0.4, 0.5) is 0 Å². The molecule has 2 nitrogen and oxygen atoms in total. The largest absolute Gasteiger partial charge is 0.487 e. The van der Waals surface area contributed by atoms with E-state index in [4.69, 9.17) is 9.47 Å². The first-order chi connectivity index (χ1) is 8.67. The first-order valence-electron chi connectivity index (χ1n) is 7.07. The van der Waals surface area contributed by atoms with Crippen molar-refractivity contribution in [3.05, 3.63) is 29.8 Å². The van der Waals surface area contributed by atoms with Crippen molar-refractivity contribution in [3.63, 3.8) is 0 Å². The van der Waals surface area contributed by atoms with Gasteiger partial charge in [-0.25, -0.2) is 0 Å². The van der Waals surface area contributed by atoms with Crippen molar-refractivity contribution in [1.82, 2.24) is 0 Å². The molecule has 4 rings (SSSR count). The second-order valence-electron chi connectivity index (χ2n) is 6.49. The molecule has 1 aliphatic carbocycles. The fourth-order valence-corrected chi connectivity index (χ4v) is 4.27. The number of rotatable bonds is 0. The van der Waals surface area contributed by atoms with Gasteiger partial charge in [0.25, 0.3) is 0 Å². The number of hydrogen-bond donors (Lipinski definition) is 0. The zero-order chi connectivity index (χ0) is 12.3. The first-order valence-corrected chi connectivity index (χ1v) is 7.07. The SMILES string of the molecule is C[C@H]1C[C@@]2(C)Oc3ccccc3[C@@H]3OC[C@H]1C[C@H]32. The van der Waals surface area contributed by atoms with Crippen LogP contribution in [0, 0.1) is 17.8 Å². The van der Waals surface area contributed by atoms with E-state index in [0.717, 1.165) is 24.7 Å². The summed E-state index contributed by atoms with van der Waals surface area (Å²) in [4.78, 5) is 0. The average molecular weight is 244 g/mol. The van der Waals surface area contributed by atoms with Crippen LogP contribution in [0.5, 0.6) is 5.75 Å². The molecule has 0 radical (unpaired) electrons. The van der Waals surface area contributed by atoms with Crippen molar-refractivity contribution < 1.29 is 9.47 Å². The highest BCUT2D eigenvalue weighted by Gasteiger charge is 2.54. The lowest BCUT2D eigenvalue weighted by atomic mass is 9.62. The van der Waals surface area contributed by atoms with Crippen molar-refractivity contribution in [1.29, 1.82) is 0 Å². The summed E-state index contributed by atoms with van der Waals surface area (Å²) in [7, 11) is 0. The molecule has 2 heterocycles. The van der Waals surface area contributed by atoms with Crippen LogP contribution in [0.1, 0.15) is 38.4 Å². The Hall–Kier alpha value is -1.02. The summed E-state index contributed by atoms with van der Waals surface area (Å²) in [5, 5.41) is 0. The fraction of sp³-hybridized carbons (Fsp3) is 0.625. The summed E-state index contributed by atoms with van der Waals surface area (Å²) in [5.74, 6) is 3.00. The minimum absolute atomic E-state index is 0.0324. The minimum atomic E-state index is -0.0324. The molecule has 96 valence electrons. The maximum absolute atomic E-state index is 6.37. The number of para-hydroxylation sites is 1. The van der Waals surface area contributed by atoms with E-state index in [0.29, 0.717) is 11.8 Å². The van der Waals surface area contributed by atoms with Crippen molar-refractivity contribution in [2.24, 2.45) is 17.8 Å². The smallest absolute Gasteiger partial charge is 0.125 e. The van der Waals surface area contributed by atoms with Crippen molar-refractivity contribution in [2.45, 2.75) is 38.4 Å². The van der Waals surface area contributed by atoms with E-state index >= 15 is 0 Å². The van der Waals surface area contributed by atoms with Crippen LogP contribution in [0.25, 0.3) is 0 Å². The molecule has 3 aliphatic rings. The Labute approximate surface area is 108 Å². The maximum Gasteiger partial charge on any atom is 0.125 e. The number of benzene rings is 1. The third kappa shape index (κ3) is 1.33. The summed E-state index contributed by atoms with van der Waals surface area (Å²) in [6.07, 6.45) is 2.68. The summed E-state index contributed by atoms with van der Waals surface area (Å²) in [5.41, 5.74) is 1.23. The average Bonchev–Trinajstić information content (AvgIpc) is 2.37. The zero-order valence-electron chi connectivity index (χ0n) is 11.1. The topological polar surface area (TPSA) is 18.5 Å². The third-order valence-corrected chi connectivity index (χ3v) is 5.30. The molecule has 1 aromatic rings. The van der Waals surface area contributed by atoms with E-state index in [9.17, 15) is 0 Å². The van der Waals surface area contributed by atoms with Gasteiger partial charge in [0.1, 0.15) is 11.4 Å². The number of ether oxygens (including phenoxy) is 2. The van der Waals surface area contributed by atoms with Gasteiger partial charge in [-0.05, 0) is 37.7 Å². The Kier molecular flexibility index (Phi) is 2.12. The summed E-state index contributed by atoms with van der Waals surface area (Å²) >= 11 is 0. The molecule has 2 aliphatic heterocycles. The lowest BCUT2D eigenvalue weighted by Crippen LogP contribution is -2.56. The fourth-order valence-electron chi connectivity index (χ4n) is 4.27. The van der Waals surface area contributed by atoms with E-state index in [1.807, 2.05) is 0 Å². The standard InChI is InChI=1S/C16H20O2/c1-10-8-16(2)13-7-11(10)9-17-15(13)12-5-3-4-6-14(12)18-16/h3-6,10-11,13,15H,7-9H2,1-2H3/t10-,11+,13+,15-,16+/m0/s1. The van der Waals surface area contributed by atoms with Gasteiger partial charge in [0.15, 0.2) is 0 Å². The highest BCUT2D eigenvalue weighted by Crippen LogP contribution is 2.56. The molecule has 0 aromatic heterocycles. The van der Waals surface area contributed by atoms with Gasteiger partial charge in [-0.3, -0.25) is 0 Å². The molecule has 0 N–H and O–H groups in total. The molecule has 0 amide bonds. The first kappa shape index (κ1) is 10.9. The molecular formula is C16H20O2. The zero-order valence-corrected chi connectivity index (χ0v) is 11.1. The van der Waals surface area contributed by atoms with Gasteiger partial charge in [-0.15, -0.1) is 0 Å². The monoisotopic (exact) mass is 244 g/mol.